The Morgan fingerprint density at radius 3 is 2.17 bits per heavy atom. The quantitative estimate of drug-likeness (QED) is 0.493. The number of benzene rings is 2. The second-order valence-corrected chi connectivity index (χ2v) is 10.5. The number of carbonyl (C=O) groups excluding carboxylic acids is 1. The van der Waals surface area contributed by atoms with Crippen LogP contribution in [0.2, 0.25) is 0 Å². The Labute approximate surface area is 215 Å². The number of carbonyl (C=O) groups is 1. The molecule has 196 valence electrons. The van der Waals surface area contributed by atoms with Gasteiger partial charge in [-0.1, -0.05) is 38.1 Å². The standard InChI is InChI=1S/C30H41FN2O3/c1-3-30(31,4-2)22-32-18-15-23(16-19-32)21-36-28-13-11-25(12-14-28)24-7-9-26(10-8-24)29(35)33-17-5-6-27(34)20-33/h7-14,23,27,34H,3-6,15-22H2,1-2H3/t27-/m0/s1. The van der Waals surface area contributed by atoms with Gasteiger partial charge in [0.2, 0.25) is 0 Å². The van der Waals surface area contributed by atoms with Crippen LogP contribution in [-0.4, -0.2) is 71.9 Å². The highest BCUT2D eigenvalue weighted by Crippen LogP contribution is 2.27. The number of piperidine rings is 2. The van der Waals surface area contributed by atoms with Crippen LogP contribution in [0.3, 0.4) is 0 Å². The zero-order valence-corrected chi connectivity index (χ0v) is 21.8. The molecule has 0 spiro atoms. The lowest BCUT2D eigenvalue weighted by atomic mass is 9.94. The van der Waals surface area contributed by atoms with Gasteiger partial charge in [-0.05, 0) is 92.9 Å². The average molecular weight is 497 g/mol. The third kappa shape index (κ3) is 6.86. The Morgan fingerprint density at radius 2 is 1.58 bits per heavy atom. The van der Waals surface area contributed by atoms with Crippen molar-refractivity contribution in [3.05, 3.63) is 54.1 Å². The van der Waals surface area contributed by atoms with Crippen molar-refractivity contribution in [3.8, 4) is 16.9 Å². The molecule has 0 saturated carbocycles. The summed E-state index contributed by atoms with van der Waals surface area (Å²) in [6.45, 7) is 8.11. The van der Waals surface area contributed by atoms with Crippen molar-refractivity contribution >= 4 is 5.91 Å². The number of β-amino-alcohol motifs (C(OH)–C–C–N with tert-alkyl or cyclic N) is 1. The van der Waals surface area contributed by atoms with Crippen LogP contribution in [0.4, 0.5) is 4.39 Å². The second-order valence-electron chi connectivity index (χ2n) is 10.5. The van der Waals surface area contributed by atoms with Crippen LogP contribution in [-0.2, 0) is 0 Å². The van der Waals surface area contributed by atoms with E-state index in [1.165, 1.54) is 0 Å². The summed E-state index contributed by atoms with van der Waals surface area (Å²) in [7, 11) is 0. The molecule has 36 heavy (non-hydrogen) atoms. The van der Waals surface area contributed by atoms with Crippen molar-refractivity contribution in [2.45, 2.75) is 64.1 Å². The van der Waals surface area contributed by atoms with Crippen molar-refractivity contribution in [1.29, 1.82) is 0 Å². The second kappa shape index (κ2) is 12.2. The van der Waals surface area contributed by atoms with Gasteiger partial charge in [-0.3, -0.25) is 4.79 Å². The molecule has 0 bridgehead atoms. The first-order valence-corrected chi connectivity index (χ1v) is 13.6. The summed E-state index contributed by atoms with van der Waals surface area (Å²) in [6, 6.07) is 15.8. The molecule has 2 aliphatic heterocycles. The van der Waals surface area contributed by atoms with Crippen LogP contribution in [0.5, 0.6) is 5.75 Å². The van der Waals surface area contributed by atoms with Crippen LogP contribution in [0.15, 0.2) is 48.5 Å². The number of aliphatic hydroxyl groups is 1. The van der Waals surface area contributed by atoms with Gasteiger partial charge in [0.15, 0.2) is 0 Å². The van der Waals surface area contributed by atoms with E-state index in [4.69, 9.17) is 4.74 Å². The van der Waals surface area contributed by atoms with Crippen LogP contribution in [0.1, 0.15) is 62.7 Å². The number of amides is 1. The molecule has 2 fully saturated rings. The summed E-state index contributed by atoms with van der Waals surface area (Å²) in [5.74, 6) is 1.34. The lowest BCUT2D eigenvalue weighted by molar-refractivity contribution is 0.0474. The highest BCUT2D eigenvalue weighted by atomic mass is 19.1. The first-order chi connectivity index (χ1) is 17.4. The maximum absolute atomic E-state index is 14.7. The summed E-state index contributed by atoms with van der Waals surface area (Å²) in [5.41, 5.74) is 1.72. The van der Waals surface area contributed by atoms with Gasteiger partial charge in [0.25, 0.3) is 5.91 Å². The number of likely N-dealkylation sites (tertiary alicyclic amines) is 2. The number of alkyl halides is 1. The molecule has 0 aliphatic carbocycles. The van der Waals surface area contributed by atoms with E-state index in [1.54, 1.807) is 4.90 Å². The van der Waals surface area contributed by atoms with Crippen molar-refractivity contribution in [2.24, 2.45) is 5.92 Å². The van der Waals surface area contributed by atoms with E-state index in [2.05, 4.69) is 4.90 Å². The first kappa shape index (κ1) is 26.6. The van der Waals surface area contributed by atoms with Crippen LogP contribution in [0.25, 0.3) is 11.1 Å². The van der Waals surface area contributed by atoms with Crippen molar-refractivity contribution in [1.82, 2.24) is 9.80 Å². The Kier molecular flexibility index (Phi) is 9.02. The van der Waals surface area contributed by atoms with Gasteiger partial charge in [-0.2, -0.15) is 0 Å². The highest BCUT2D eigenvalue weighted by molar-refractivity contribution is 5.94. The molecule has 6 heteroatoms. The molecule has 4 rings (SSSR count). The lowest BCUT2D eigenvalue weighted by Gasteiger charge is -2.36. The number of hydrogen-bond acceptors (Lipinski definition) is 4. The fraction of sp³-hybridized carbons (Fsp3) is 0.567. The third-order valence-corrected chi connectivity index (χ3v) is 7.97. The zero-order chi connectivity index (χ0) is 25.5. The molecule has 2 aliphatic rings. The van der Waals surface area contributed by atoms with Gasteiger partial charge < -0.3 is 19.6 Å². The molecule has 2 aromatic rings. The Bertz CT molecular complexity index is 967. The van der Waals surface area contributed by atoms with Crippen molar-refractivity contribution in [3.63, 3.8) is 0 Å². The van der Waals surface area contributed by atoms with Gasteiger partial charge in [0.05, 0.1) is 12.7 Å². The molecular weight excluding hydrogens is 455 g/mol. The Hall–Kier alpha value is -2.44. The van der Waals surface area contributed by atoms with Crippen molar-refractivity contribution in [2.75, 3.05) is 39.3 Å². The maximum Gasteiger partial charge on any atom is 0.253 e. The topological polar surface area (TPSA) is 53.0 Å². The molecule has 1 amide bonds. The van der Waals surface area contributed by atoms with E-state index < -0.39 is 11.8 Å². The smallest absolute Gasteiger partial charge is 0.253 e. The van der Waals surface area contributed by atoms with Crippen LogP contribution >= 0.6 is 0 Å². The van der Waals surface area contributed by atoms with Gasteiger partial charge in [0.1, 0.15) is 11.4 Å². The predicted octanol–water partition coefficient (Wildman–Crippen LogP) is 5.57. The molecule has 2 saturated heterocycles. The molecule has 0 unspecified atom stereocenters. The number of aliphatic hydroxyl groups excluding tert-OH is 1. The van der Waals surface area contributed by atoms with Gasteiger partial charge in [-0.25, -0.2) is 4.39 Å². The normalized spacial score (nSPS) is 19.9. The van der Waals surface area contributed by atoms with Crippen LogP contribution < -0.4 is 4.74 Å². The summed E-state index contributed by atoms with van der Waals surface area (Å²) >= 11 is 0. The highest BCUT2D eigenvalue weighted by Gasteiger charge is 2.30. The van der Waals surface area contributed by atoms with Crippen molar-refractivity contribution < 1.29 is 19.0 Å². The van der Waals surface area contributed by atoms with Gasteiger partial charge in [-0.15, -0.1) is 0 Å². The summed E-state index contributed by atoms with van der Waals surface area (Å²) in [4.78, 5) is 16.7. The van der Waals surface area contributed by atoms with E-state index in [9.17, 15) is 14.3 Å². The van der Waals surface area contributed by atoms with Crippen LogP contribution in [0, 0.1) is 5.92 Å². The summed E-state index contributed by atoms with van der Waals surface area (Å²) in [5, 5.41) is 9.85. The fourth-order valence-electron chi connectivity index (χ4n) is 5.27. The number of ether oxygens (including phenoxy) is 1. The minimum atomic E-state index is -1.06. The van der Waals surface area contributed by atoms with Gasteiger partial charge >= 0.3 is 0 Å². The summed E-state index contributed by atoms with van der Waals surface area (Å²) < 4.78 is 20.8. The Morgan fingerprint density at radius 1 is 0.972 bits per heavy atom. The van der Waals surface area contributed by atoms with E-state index in [0.717, 1.165) is 55.6 Å². The lowest BCUT2D eigenvalue weighted by Crippen LogP contribution is -2.44. The minimum absolute atomic E-state index is 0.0189. The van der Waals surface area contributed by atoms with E-state index in [0.29, 0.717) is 50.6 Å². The number of halogens is 1. The van der Waals surface area contributed by atoms with E-state index in [-0.39, 0.29) is 5.91 Å². The number of hydrogen-bond donors (Lipinski definition) is 1. The minimum Gasteiger partial charge on any atom is -0.493 e. The van der Waals surface area contributed by atoms with Gasteiger partial charge in [0, 0.05) is 25.2 Å². The molecule has 2 aromatic carbocycles. The number of nitrogens with zero attached hydrogens (tertiary/aromatic N) is 2. The molecule has 1 N–H and O–H groups in total. The monoisotopic (exact) mass is 496 g/mol. The summed E-state index contributed by atoms with van der Waals surface area (Å²) in [6.07, 6.45) is 4.44. The molecule has 5 nitrogen and oxygen atoms in total. The van der Waals surface area contributed by atoms with E-state index in [1.807, 2.05) is 62.4 Å². The SMILES string of the molecule is CCC(F)(CC)CN1CCC(COc2ccc(-c3ccc(C(=O)N4CCC[C@H](O)C4)cc3)cc2)CC1. The fourth-order valence-corrected chi connectivity index (χ4v) is 5.27. The largest absolute Gasteiger partial charge is 0.493 e. The first-order valence-electron chi connectivity index (χ1n) is 13.6. The molecular formula is C30H41FN2O3. The Balaban J connectivity index is 1.24. The molecule has 2 heterocycles. The average Bonchev–Trinajstić information content (AvgIpc) is 2.92. The molecule has 0 aromatic heterocycles. The maximum atomic E-state index is 14.7. The molecule has 1 atom stereocenters. The third-order valence-electron chi connectivity index (χ3n) is 7.97. The number of rotatable bonds is 9. The molecule has 0 radical (unpaired) electrons. The zero-order valence-electron chi connectivity index (χ0n) is 21.8. The predicted molar refractivity (Wildman–Crippen MR) is 142 cm³/mol. The van der Waals surface area contributed by atoms with E-state index >= 15 is 0 Å².